The van der Waals surface area contributed by atoms with Crippen molar-refractivity contribution in [2.24, 2.45) is 0 Å². The maximum Gasteiger partial charge on any atom is 0.276 e. The van der Waals surface area contributed by atoms with Crippen LogP contribution in [0.1, 0.15) is 43.4 Å². The number of benzene rings is 1. The SMILES string of the molecule is CC.N#CB1Cc2cccc(C=C3CCNCC3)c2C1. The second kappa shape index (κ2) is 7.31. The molecule has 0 spiro atoms. The van der Waals surface area contributed by atoms with Gasteiger partial charge in [-0.1, -0.05) is 49.3 Å². The Labute approximate surface area is 123 Å². The predicted octanol–water partition coefficient (Wildman–Crippen LogP) is 3.21. The largest absolute Gasteiger partial charge is 0.316 e. The minimum atomic E-state index is 0.188. The fourth-order valence-electron chi connectivity index (χ4n) is 3.02. The monoisotopic (exact) mass is 266 g/mol. The van der Waals surface area contributed by atoms with Crippen LogP contribution in [0.15, 0.2) is 23.8 Å². The summed E-state index contributed by atoms with van der Waals surface area (Å²) >= 11 is 0. The molecule has 2 aliphatic heterocycles. The zero-order valence-corrected chi connectivity index (χ0v) is 12.6. The Morgan fingerprint density at radius 2 is 1.95 bits per heavy atom. The summed E-state index contributed by atoms with van der Waals surface area (Å²) in [5.74, 6) is 2.41. The molecule has 0 radical (unpaired) electrons. The molecule has 1 fully saturated rings. The molecule has 1 aromatic carbocycles. The average molecular weight is 266 g/mol. The molecule has 2 aliphatic rings. The highest BCUT2D eigenvalue weighted by Crippen LogP contribution is 2.27. The van der Waals surface area contributed by atoms with E-state index in [2.05, 4.69) is 35.6 Å². The van der Waals surface area contributed by atoms with Gasteiger partial charge in [-0.3, -0.25) is 0 Å². The zero-order valence-electron chi connectivity index (χ0n) is 12.6. The van der Waals surface area contributed by atoms with Crippen molar-refractivity contribution in [3.05, 3.63) is 40.5 Å². The highest BCUT2D eigenvalue weighted by molar-refractivity contribution is 6.67. The molecule has 2 heterocycles. The number of hydrogen-bond acceptors (Lipinski definition) is 2. The Bertz CT molecular complexity index is 520. The molecular weight excluding hydrogens is 243 g/mol. The summed E-state index contributed by atoms with van der Waals surface area (Å²) in [6.07, 6.45) is 6.55. The first kappa shape index (κ1) is 14.9. The molecule has 1 aromatic rings. The number of fused-ring (bicyclic) bond motifs is 1. The van der Waals surface area contributed by atoms with Crippen LogP contribution in [0.2, 0.25) is 0 Å². The lowest BCUT2D eigenvalue weighted by Gasteiger charge is -2.16. The van der Waals surface area contributed by atoms with Crippen molar-refractivity contribution in [3.8, 4) is 5.97 Å². The fourth-order valence-corrected chi connectivity index (χ4v) is 3.02. The van der Waals surface area contributed by atoms with Crippen LogP contribution in [0.3, 0.4) is 0 Å². The number of hydrogen-bond donors (Lipinski definition) is 1. The molecule has 1 saturated heterocycles. The van der Waals surface area contributed by atoms with Gasteiger partial charge in [0.05, 0.1) is 0 Å². The highest BCUT2D eigenvalue weighted by Gasteiger charge is 2.26. The van der Waals surface area contributed by atoms with E-state index in [-0.39, 0.29) is 6.71 Å². The molecule has 0 unspecified atom stereocenters. The van der Waals surface area contributed by atoms with Crippen molar-refractivity contribution in [1.82, 2.24) is 5.32 Å². The van der Waals surface area contributed by atoms with Crippen LogP contribution in [0, 0.1) is 11.2 Å². The second-order valence-electron chi connectivity index (χ2n) is 5.27. The van der Waals surface area contributed by atoms with E-state index in [0.29, 0.717) is 0 Å². The lowest BCUT2D eigenvalue weighted by Crippen LogP contribution is -2.23. The molecule has 0 amide bonds. The van der Waals surface area contributed by atoms with Crippen LogP contribution in [-0.4, -0.2) is 19.8 Å². The third kappa shape index (κ3) is 3.32. The van der Waals surface area contributed by atoms with Crippen LogP contribution in [0.25, 0.3) is 6.08 Å². The van der Waals surface area contributed by atoms with Gasteiger partial charge in [0.1, 0.15) is 0 Å². The number of rotatable bonds is 1. The smallest absolute Gasteiger partial charge is 0.276 e. The minimum absolute atomic E-state index is 0.188. The Balaban J connectivity index is 0.000000704. The first-order valence-corrected chi connectivity index (χ1v) is 7.77. The number of nitrogens with zero attached hydrogens (tertiary/aromatic N) is 1. The van der Waals surface area contributed by atoms with Gasteiger partial charge in [0, 0.05) is 5.97 Å². The molecule has 20 heavy (non-hydrogen) atoms. The molecule has 0 aliphatic carbocycles. The molecular formula is C17H23BN2. The number of nitriles is 1. The maximum atomic E-state index is 9.08. The summed E-state index contributed by atoms with van der Waals surface area (Å²) in [4.78, 5) is 0. The lowest BCUT2D eigenvalue weighted by molar-refractivity contribution is 0.613. The van der Waals surface area contributed by atoms with Gasteiger partial charge in [-0.25, -0.2) is 5.26 Å². The van der Waals surface area contributed by atoms with Gasteiger partial charge in [-0.05, 0) is 49.7 Å². The van der Waals surface area contributed by atoms with Gasteiger partial charge in [0.25, 0.3) is 6.71 Å². The van der Waals surface area contributed by atoms with Crippen LogP contribution in [0.4, 0.5) is 0 Å². The first-order valence-electron chi connectivity index (χ1n) is 7.77. The van der Waals surface area contributed by atoms with Crippen LogP contribution < -0.4 is 5.32 Å². The molecule has 0 bridgehead atoms. The first-order chi connectivity index (χ1) is 9.86. The third-order valence-corrected chi connectivity index (χ3v) is 4.01. The maximum absolute atomic E-state index is 9.08. The Hall–Kier alpha value is -1.53. The van der Waals surface area contributed by atoms with Crippen LogP contribution in [0.5, 0.6) is 0 Å². The minimum Gasteiger partial charge on any atom is -0.316 e. The zero-order chi connectivity index (χ0) is 14.4. The van der Waals surface area contributed by atoms with Gasteiger partial charge in [-0.15, -0.1) is 0 Å². The van der Waals surface area contributed by atoms with E-state index in [4.69, 9.17) is 5.26 Å². The van der Waals surface area contributed by atoms with Crippen molar-refractivity contribution in [2.45, 2.75) is 39.3 Å². The van der Waals surface area contributed by atoms with Crippen molar-refractivity contribution in [3.63, 3.8) is 0 Å². The van der Waals surface area contributed by atoms with Crippen molar-refractivity contribution in [1.29, 1.82) is 5.26 Å². The van der Waals surface area contributed by atoms with E-state index in [0.717, 1.165) is 38.6 Å². The van der Waals surface area contributed by atoms with Crippen molar-refractivity contribution < 1.29 is 0 Å². The van der Waals surface area contributed by atoms with E-state index in [1.165, 1.54) is 16.7 Å². The van der Waals surface area contributed by atoms with E-state index in [1.54, 1.807) is 5.57 Å². The molecule has 0 saturated carbocycles. The van der Waals surface area contributed by atoms with Crippen molar-refractivity contribution in [2.75, 3.05) is 13.1 Å². The summed E-state index contributed by atoms with van der Waals surface area (Å²) in [7, 11) is 0. The Kier molecular flexibility index (Phi) is 5.44. The summed E-state index contributed by atoms with van der Waals surface area (Å²) in [6, 6.07) is 6.51. The Morgan fingerprint density at radius 3 is 2.65 bits per heavy atom. The van der Waals surface area contributed by atoms with E-state index in [9.17, 15) is 0 Å². The standard InChI is InChI=1S/C15H17BN2.C2H6/c17-11-16-9-14-3-1-2-13(15(14)10-16)8-12-4-6-18-7-5-12;1-2/h1-3,8,18H,4-7,9-10H2;1-2H3. The van der Waals surface area contributed by atoms with Gasteiger partial charge in [-0.2, -0.15) is 0 Å². The van der Waals surface area contributed by atoms with Crippen molar-refractivity contribution >= 4 is 12.8 Å². The number of nitrogens with one attached hydrogen (secondary N) is 1. The van der Waals surface area contributed by atoms with E-state index in [1.807, 2.05) is 13.8 Å². The Morgan fingerprint density at radius 1 is 1.20 bits per heavy atom. The second-order valence-corrected chi connectivity index (χ2v) is 5.27. The average Bonchev–Trinajstić information content (AvgIpc) is 2.95. The van der Waals surface area contributed by atoms with Crippen LogP contribution >= 0.6 is 0 Å². The molecule has 2 nitrogen and oxygen atoms in total. The van der Waals surface area contributed by atoms with Gasteiger partial charge in [0.15, 0.2) is 0 Å². The molecule has 3 rings (SSSR count). The number of piperidine rings is 1. The van der Waals surface area contributed by atoms with Gasteiger partial charge < -0.3 is 5.32 Å². The van der Waals surface area contributed by atoms with Gasteiger partial charge in [0.2, 0.25) is 0 Å². The predicted molar refractivity (Wildman–Crippen MR) is 86.6 cm³/mol. The normalized spacial score (nSPS) is 16.9. The molecule has 104 valence electrons. The van der Waals surface area contributed by atoms with E-state index >= 15 is 0 Å². The third-order valence-electron chi connectivity index (χ3n) is 4.01. The molecule has 0 aromatic heterocycles. The molecule has 3 heteroatoms. The summed E-state index contributed by atoms with van der Waals surface area (Å²) in [6.45, 7) is 6.39. The topological polar surface area (TPSA) is 35.8 Å². The fraction of sp³-hybridized carbons (Fsp3) is 0.471. The summed E-state index contributed by atoms with van der Waals surface area (Å²) in [5.41, 5.74) is 5.68. The highest BCUT2D eigenvalue weighted by atomic mass is 14.9. The van der Waals surface area contributed by atoms with Crippen LogP contribution in [-0.2, 0) is 12.6 Å². The summed E-state index contributed by atoms with van der Waals surface area (Å²) < 4.78 is 0. The molecule has 1 N–H and O–H groups in total. The molecule has 0 atom stereocenters. The van der Waals surface area contributed by atoms with Gasteiger partial charge >= 0.3 is 0 Å². The summed E-state index contributed by atoms with van der Waals surface area (Å²) in [5, 5.41) is 12.5. The lowest BCUT2D eigenvalue weighted by atomic mass is 9.49. The van der Waals surface area contributed by atoms with E-state index < -0.39 is 0 Å². The quantitative estimate of drug-likeness (QED) is 0.792.